The molecule has 0 aliphatic carbocycles. The van der Waals surface area contributed by atoms with Gasteiger partial charge >= 0.3 is 0 Å². The molecule has 1 amide bonds. The van der Waals surface area contributed by atoms with Crippen molar-refractivity contribution < 1.29 is 19.0 Å². The van der Waals surface area contributed by atoms with Crippen LogP contribution in [0.15, 0.2) is 46.9 Å². The van der Waals surface area contributed by atoms with E-state index in [2.05, 4.69) is 21.2 Å². The molecule has 1 aliphatic rings. The summed E-state index contributed by atoms with van der Waals surface area (Å²) in [5.41, 5.74) is 0.949. The summed E-state index contributed by atoms with van der Waals surface area (Å²) in [7, 11) is 0. The predicted molar refractivity (Wildman–Crippen MR) is 88.9 cm³/mol. The van der Waals surface area contributed by atoms with Crippen LogP contribution in [0.5, 0.6) is 17.2 Å². The van der Waals surface area contributed by atoms with Crippen LogP contribution in [0.25, 0.3) is 0 Å². The molecular weight excluding hydrogens is 362 g/mol. The van der Waals surface area contributed by atoms with E-state index in [1.54, 1.807) is 6.07 Å². The molecule has 1 heterocycles. The van der Waals surface area contributed by atoms with Gasteiger partial charge in [-0.3, -0.25) is 4.79 Å². The van der Waals surface area contributed by atoms with Gasteiger partial charge in [0.2, 0.25) is 0 Å². The quantitative estimate of drug-likeness (QED) is 0.870. The first kappa shape index (κ1) is 15.7. The van der Waals surface area contributed by atoms with E-state index in [0.717, 1.165) is 15.8 Å². The first-order valence-electron chi connectivity index (χ1n) is 7.24. The van der Waals surface area contributed by atoms with Crippen molar-refractivity contribution in [2.75, 3.05) is 19.8 Å². The second-order valence-corrected chi connectivity index (χ2v) is 5.92. The van der Waals surface area contributed by atoms with E-state index in [-0.39, 0.29) is 12.5 Å². The van der Waals surface area contributed by atoms with Crippen LogP contribution in [0, 0.1) is 0 Å². The summed E-state index contributed by atoms with van der Waals surface area (Å²) in [5.74, 6) is 1.92. The summed E-state index contributed by atoms with van der Waals surface area (Å²) >= 11 is 3.36. The summed E-state index contributed by atoms with van der Waals surface area (Å²) in [5, 5.41) is 2.82. The van der Waals surface area contributed by atoms with Crippen LogP contribution in [0.4, 0.5) is 0 Å². The number of halogens is 1. The van der Waals surface area contributed by atoms with Crippen molar-refractivity contribution in [3.8, 4) is 17.2 Å². The highest BCUT2D eigenvalue weighted by Crippen LogP contribution is 2.30. The Hall–Kier alpha value is -2.21. The molecule has 0 bridgehead atoms. The van der Waals surface area contributed by atoms with Gasteiger partial charge in [-0.25, -0.2) is 0 Å². The number of fused-ring (bicyclic) bond motifs is 1. The van der Waals surface area contributed by atoms with Gasteiger partial charge < -0.3 is 19.5 Å². The number of hydrogen-bond acceptors (Lipinski definition) is 4. The van der Waals surface area contributed by atoms with Gasteiger partial charge in [0.05, 0.1) is 0 Å². The lowest BCUT2D eigenvalue weighted by atomic mass is 10.2. The van der Waals surface area contributed by atoms with Gasteiger partial charge in [-0.1, -0.05) is 28.1 Å². The number of carbonyl (C=O) groups is 1. The zero-order valence-corrected chi connectivity index (χ0v) is 14.0. The lowest BCUT2D eigenvalue weighted by Crippen LogP contribution is -2.28. The van der Waals surface area contributed by atoms with E-state index < -0.39 is 0 Å². The van der Waals surface area contributed by atoms with Crippen molar-refractivity contribution in [1.82, 2.24) is 5.32 Å². The molecular formula is C17H16BrNO4. The molecule has 0 fully saturated rings. The number of rotatable bonds is 5. The summed E-state index contributed by atoms with van der Waals surface area (Å²) in [4.78, 5) is 11.9. The Morgan fingerprint density at radius 1 is 1.13 bits per heavy atom. The molecule has 5 nitrogen and oxygen atoms in total. The fraction of sp³-hybridized carbons (Fsp3) is 0.235. The third-order valence-electron chi connectivity index (χ3n) is 3.26. The Balaban J connectivity index is 1.49. The minimum atomic E-state index is -0.181. The minimum Gasteiger partial charge on any atom is -0.486 e. The molecule has 2 aromatic rings. The molecule has 0 radical (unpaired) electrons. The van der Waals surface area contributed by atoms with Crippen LogP contribution in [0.1, 0.15) is 5.56 Å². The monoisotopic (exact) mass is 377 g/mol. The molecule has 120 valence electrons. The van der Waals surface area contributed by atoms with E-state index in [9.17, 15) is 4.79 Å². The third kappa shape index (κ3) is 4.39. The molecule has 1 aliphatic heterocycles. The van der Waals surface area contributed by atoms with Crippen molar-refractivity contribution >= 4 is 21.8 Å². The second-order valence-electron chi connectivity index (χ2n) is 5.00. The van der Waals surface area contributed by atoms with Crippen molar-refractivity contribution in [2.24, 2.45) is 0 Å². The predicted octanol–water partition coefficient (Wildman–Crippen LogP) is 2.92. The van der Waals surface area contributed by atoms with Gasteiger partial charge in [-0.05, 0) is 35.9 Å². The molecule has 0 saturated carbocycles. The normalized spacial score (nSPS) is 12.6. The Morgan fingerprint density at radius 3 is 2.78 bits per heavy atom. The molecule has 0 atom stereocenters. The number of benzene rings is 2. The molecule has 1 N–H and O–H groups in total. The Labute approximate surface area is 142 Å². The zero-order valence-electron chi connectivity index (χ0n) is 12.4. The highest BCUT2D eigenvalue weighted by Gasteiger charge is 2.12. The molecule has 2 aromatic carbocycles. The standard InChI is InChI=1S/C17H16BrNO4/c18-13-2-1-3-14(9-13)23-11-17(20)19-10-12-4-5-15-16(8-12)22-7-6-21-15/h1-5,8-9H,6-7,10-11H2,(H,19,20). The van der Waals surface area contributed by atoms with Crippen LogP contribution in [0.2, 0.25) is 0 Å². The molecule has 6 heteroatoms. The minimum absolute atomic E-state index is 0.0268. The van der Waals surface area contributed by atoms with Crippen molar-refractivity contribution in [3.05, 3.63) is 52.5 Å². The molecule has 0 aromatic heterocycles. The third-order valence-corrected chi connectivity index (χ3v) is 3.76. The highest BCUT2D eigenvalue weighted by atomic mass is 79.9. The fourth-order valence-corrected chi connectivity index (χ4v) is 2.53. The Bertz CT molecular complexity index is 705. The van der Waals surface area contributed by atoms with E-state index in [1.807, 2.05) is 36.4 Å². The number of nitrogens with one attached hydrogen (secondary N) is 1. The highest BCUT2D eigenvalue weighted by molar-refractivity contribution is 9.10. The first-order chi connectivity index (χ1) is 11.2. The molecule has 0 spiro atoms. The zero-order chi connectivity index (χ0) is 16.1. The molecule has 0 saturated heterocycles. The fourth-order valence-electron chi connectivity index (χ4n) is 2.16. The van der Waals surface area contributed by atoms with Gasteiger partial charge in [-0.15, -0.1) is 0 Å². The smallest absolute Gasteiger partial charge is 0.258 e. The molecule has 3 rings (SSSR count). The lowest BCUT2D eigenvalue weighted by Gasteiger charge is -2.19. The second kappa shape index (κ2) is 7.37. The van der Waals surface area contributed by atoms with Crippen LogP contribution >= 0.6 is 15.9 Å². The van der Waals surface area contributed by atoms with Crippen LogP contribution in [-0.2, 0) is 11.3 Å². The van der Waals surface area contributed by atoms with E-state index in [0.29, 0.717) is 31.3 Å². The number of carbonyl (C=O) groups excluding carboxylic acids is 1. The number of hydrogen-bond donors (Lipinski definition) is 1. The van der Waals surface area contributed by atoms with E-state index in [1.165, 1.54) is 0 Å². The topological polar surface area (TPSA) is 56.8 Å². The van der Waals surface area contributed by atoms with E-state index >= 15 is 0 Å². The summed E-state index contributed by atoms with van der Waals surface area (Å²) in [6.45, 7) is 1.50. The largest absolute Gasteiger partial charge is 0.486 e. The summed E-state index contributed by atoms with van der Waals surface area (Å²) in [6, 6.07) is 13.0. The van der Waals surface area contributed by atoms with Crippen molar-refractivity contribution in [2.45, 2.75) is 6.54 Å². The van der Waals surface area contributed by atoms with Gasteiger partial charge in [-0.2, -0.15) is 0 Å². The maximum Gasteiger partial charge on any atom is 0.258 e. The Morgan fingerprint density at radius 2 is 1.96 bits per heavy atom. The summed E-state index contributed by atoms with van der Waals surface area (Å²) < 4.78 is 17.3. The van der Waals surface area contributed by atoms with Crippen LogP contribution < -0.4 is 19.5 Å². The van der Waals surface area contributed by atoms with Crippen LogP contribution in [-0.4, -0.2) is 25.7 Å². The average Bonchev–Trinajstić information content (AvgIpc) is 2.58. The first-order valence-corrected chi connectivity index (χ1v) is 8.03. The van der Waals surface area contributed by atoms with Crippen molar-refractivity contribution in [1.29, 1.82) is 0 Å². The van der Waals surface area contributed by atoms with E-state index in [4.69, 9.17) is 14.2 Å². The SMILES string of the molecule is O=C(COc1cccc(Br)c1)NCc1ccc2c(c1)OCCO2. The number of ether oxygens (including phenoxy) is 3. The van der Waals surface area contributed by atoms with Crippen LogP contribution in [0.3, 0.4) is 0 Å². The van der Waals surface area contributed by atoms with Crippen molar-refractivity contribution in [3.63, 3.8) is 0 Å². The number of amides is 1. The molecule has 23 heavy (non-hydrogen) atoms. The maximum absolute atomic E-state index is 11.9. The molecule has 0 unspecified atom stereocenters. The Kier molecular flexibility index (Phi) is 5.02. The maximum atomic E-state index is 11.9. The van der Waals surface area contributed by atoms with Gasteiger partial charge in [0, 0.05) is 11.0 Å². The lowest BCUT2D eigenvalue weighted by molar-refractivity contribution is -0.123. The van der Waals surface area contributed by atoms with Gasteiger partial charge in [0.1, 0.15) is 19.0 Å². The van der Waals surface area contributed by atoms with Gasteiger partial charge in [0.25, 0.3) is 5.91 Å². The van der Waals surface area contributed by atoms with Gasteiger partial charge in [0.15, 0.2) is 18.1 Å². The average molecular weight is 378 g/mol. The summed E-state index contributed by atoms with van der Waals surface area (Å²) in [6.07, 6.45) is 0.